The summed E-state index contributed by atoms with van der Waals surface area (Å²) in [4.78, 5) is 23.1. The topological polar surface area (TPSA) is 118 Å². The number of hydrogen-bond donors (Lipinski definition) is 3. The number of primary sulfonamides is 1. The fraction of sp³-hybridized carbons (Fsp3) is 0.429. The lowest BCUT2D eigenvalue weighted by atomic mass is 10.1. The van der Waals surface area contributed by atoms with Crippen molar-refractivity contribution >= 4 is 21.8 Å². The Bertz CT molecular complexity index is 624. The normalized spacial score (nSPS) is 11.3. The molecule has 0 aliphatic carbocycles. The molecule has 7 nitrogen and oxygen atoms in total. The van der Waals surface area contributed by atoms with Crippen molar-refractivity contribution in [2.45, 2.75) is 31.7 Å². The minimum absolute atomic E-state index is 0.00555. The molecule has 0 saturated heterocycles. The van der Waals surface area contributed by atoms with E-state index < -0.39 is 21.8 Å². The minimum atomic E-state index is -3.73. The summed E-state index contributed by atoms with van der Waals surface area (Å²) in [7, 11) is -3.73. The molecule has 0 spiro atoms. The van der Waals surface area contributed by atoms with Gasteiger partial charge in [-0.15, -0.1) is 0 Å². The Balaban J connectivity index is 2.45. The second-order valence-electron chi connectivity index (χ2n) is 5.31. The zero-order valence-electron chi connectivity index (χ0n) is 12.6. The maximum atomic E-state index is 11.6. The summed E-state index contributed by atoms with van der Waals surface area (Å²) in [6.07, 6.45) is 0.800. The first-order valence-corrected chi connectivity index (χ1v) is 8.42. The molecule has 1 rings (SSSR count). The highest BCUT2D eigenvalue weighted by Gasteiger charge is 2.13. The van der Waals surface area contributed by atoms with E-state index in [2.05, 4.69) is 10.6 Å². The van der Waals surface area contributed by atoms with Crippen molar-refractivity contribution in [3.63, 3.8) is 0 Å². The van der Waals surface area contributed by atoms with E-state index >= 15 is 0 Å². The molecule has 0 aliphatic rings. The van der Waals surface area contributed by atoms with Crippen LogP contribution in [0.5, 0.6) is 0 Å². The molecule has 122 valence electrons. The van der Waals surface area contributed by atoms with Gasteiger partial charge in [-0.05, 0) is 30.0 Å². The summed E-state index contributed by atoms with van der Waals surface area (Å²) in [5, 5.41) is 9.98. The number of rotatable bonds is 6. The van der Waals surface area contributed by atoms with E-state index in [4.69, 9.17) is 5.14 Å². The van der Waals surface area contributed by atoms with Crippen molar-refractivity contribution in [2.24, 2.45) is 11.1 Å². The monoisotopic (exact) mass is 327 g/mol. The summed E-state index contributed by atoms with van der Waals surface area (Å²) in [5.74, 6) is -0.957. The predicted molar refractivity (Wildman–Crippen MR) is 82.1 cm³/mol. The number of amides is 2. The summed E-state index contributed by atoms with van der Waals surface area (Å²) in [6, 6.07) is 5.74. The molecule has 0 atom stereocenters. The lowest BCUT2D eigenvalue weighted by molar-refractivity contribution is -0.139. The molecule has 1 aromatic rings. The summed E-state index contributed by atoms with van der Waals surface area (Å²) in [6.45, 7) is 4.63. The van der Waals surface area contributed by atoms with Gasteiger partial charge in [0, 0.05) is 13.1 Å². The Labute approximate surface area is 130 Å². The van der Waals surface area contributed by atoms with Crippen LogP contribution in [0.1, 0.15) is 25.8 Å². The molecular weight excluding hydrogens is 306 g/mol. The second kappa shape index (κ2) is 7.90. The lowest BCUT2D eigenvalue weighted by Crippen LogP contribution is -2.40. The maximum Gasteiger partial charge on any atom is 0.309 e. The molecule has 0 heterocycles. The van der Waals surface area contributed by atoms with Crippen LogP contribution in [-0.2, 0) is 26.2 Å². The Kier molecular flexibility index (Phi) is 6.51. The van der Waals surface area contributed by atoms with Crippen LogP contribution in [-0.4, -0.2) is 26.8 Å². The fourth-order valence-corrected chi connectivity index (χ4v) is 2.13. The molecular formula is C14H21N3O4S. The maximum absolute atomic E-state index is 11.6. The Morgan fingerprint density at radius 2 is 1.64 bits per heavy atom. The van der Waals surface area contributed by atoms with Crippen LogP contribution in [0.25, 0.3) is 0 Å². The highest BCUT2D eigenvalue weighted by atomic mass is 32.2. The summed E-state index contributed by atoms with van der Waals surface area (Å²) < 4.78 is 22.2. The van der Waals surface area contributed by atoms with E-state index in [0.29, 0.717) is 18.0 Å². The Morgan fingerprint density at radius 1 is 1.09 bits per heavy atom. The lowest BCUT2D eigenvalue weighted by Gasteiger charge is -2.08. The number of sulfonamides is 1. The van der Waals surface area contributed by atoms with Gasteiger partial charge in [0.2, 0.25) is 10.0 Å². The molecule has 0 aromatic heterocycles. The third-order valence-electron chi connectivity index (χ3n) is 2.92. The molecule has 0 saturated carbocycles. The van der Waals surface area contributed by atoms with Gasteiger partial charge in [0.15, 0.2) is 0 Å². The predicted octanol–water partition coefficient (Wildman–Crippen LogP) is 0.113. The van der Waals surface area contributed by atoms with E-state index in [1.54, 1.807) is 0 Å². The molecule has 0 aliphatic heterocycles. The molecule has 4 N–H and O–H groups in total. The largest absolute Gasteiger partial charge is 0.348 e. The van der Waals surface area contributed by atoms with Gasteiger partial charge in [0.1, 0.15) is 0 Å². The van der Waals surface area contributed by atoms with Crippen molar-refractivity contribution in [3.8, 4) is 0 Å². The number of benzene rings is 1. The molecule has 22 heavy (non-hydrogen) atoms. The van der Waals surface area contributed by atoms with Gasteiger partial charge in [-0.1, -0.05) is 26.0 Å². The van der Waals surface area contributed by atoms with E-state index in [1.165, 1.54) is 24.3 Å². The van der Waals surface area contributed by atoms with Crippen molar-refractivity contribution in [1.29, 1.82) is 0 Å². The standard InChI is InChI=1S/C14H21N3O4S/c1-10(2)7-8-16-13(18)14(19)17-9-11-3-5-12(6-4-11)22(15,20)21/h3-6,10H,7-9H2,1-2H3,(H,16,18)(H,17,19)(H2,15,20,21). The van der Waals surface area contributed by atoms with Gasteiger partial charge in [0.25, 0.3) is 0 Å². The van der Waals surface area contributed by atoms with E-state index in [9.17, 15) is 18.0 Å². The van der Waals surface area contributed by atoms with Crippen LogP contribution >= 0.6 is 0 Å². The van der Waals surface area contributed by atoms with Crippen molar-refractivity contribution in [3.05, 3.63) is 29.8 Å². The zero-order chi connectivity index (χ0) is 16.8. The van der Waals surface area contributed by atoms with Crippen LogP contribution in [0.3, 0.4) is 0 Å². The zero-order valence-corrected chi connectivity index (χ0v) is 13.4. The van der Waals surface area contributed by atoms with E-state index in [1.807, 2.05) is 13.8 Å². The number of carbonyl (C=O) groups is 2. The Hall–Kier alpha value is -1.93. The number of hydrogen-bond acceptors (Lipinski definition) is 4. The second-order valence-corrected chi connectivity index (χ2v) is 6.87. The molecule has 0 radical (unpaired) electrons. The first kappa shape index (κ1) is 18.1. The van der Waals surface area contributed by atoms with Gasteiger partial charge in [-0.3, -0.25) is 9.59 Å². The average Bonchev–Trinajstić information content (AvgIpc) is 2.43. The first-order valence-electron chi connectivity index (χ1n) is 6.88. The highest BCUT2D eigenvalue weighted by Crippen LogP contribution is 2.08. The summed E-state index contributed by atoms with van der Waals surface area (Å²) >= 11 is 0. The molecule has 0 bridgehead atoms. The third-order valence-corrected chi connectivity index (χ3v) is 3.85. The van der Waals surface area contributed by atoms with E-state index in [-0.39, 0.29) is 11.4 Å². The smallest absolute Gasteiger partial charge is 0.309 e. The quantitative estimate of drug-likeness (QED) is 0.643. The van der Waals surface area contributed by atoms with Crippen molar-refractivity contribution < 1.29 is 18.0 Å². The van der Waals surface area contributed by atoms with Crippen LogP contribution in [0.4, 0.5) is 0 Å². The van der Waals surface area contributed by atoms with Crippen molar-refractivity contribution in [2.75, 3.05) is 6.54 Å². The van der Waals surface area contributed by atoms with Gasteiger partial charge >= 0.3 is 11.8 Å². The molecule has 1 aromatic carbocycles. The first-order chi connectivity index (χ1) is 10.2. The van der Waals surface area contributed by atoms with Crippen LogP contribution in [0.15, 0.2) is 29.2 Å². The fourth-order valence-electron chi connectivity index (χ4n) is 1.61. The van der Waals surface area contributed by atoms with Crippen LogP contribution in [0, 0.1) is 5.92 Å². The SMILES string of the molecule is CC(C)CCNC(=O)C(=O)NCc1ccc(S(N)(=O)=O)cc1. The van der Waals surface area contributed by atoms with Gasteiger partial charge in [-0.2, -0.15) is 0 Å². The van der Waals surface area contributed by atoms with E-state index in [0.717, 1.165) is 6.42 Å². The van der Waals surface area contributed by atoms with Crippen LogP contribution in [0.2, 0.25) is 0 Å². The minimum Gasteiger partial charge on any atom is -0.348 e. The highest BCUT2D eigenvalue weighted by molar-refractivity contribution is 7.89. The Morgan fingerprint density at radius 3 is 2.14 bits per heavy atom. The number of nitrogens with one attached hydrogen (secondary N) is 2. The number of nitrogens with two attached hydrogens (primary N) is 1. The number of carbonyl (C=O) groups excluding carboxylic acids is 2. The van der Waals surface area contributed by atoms with Gasteiger partial charge in [-0.25, -0.2) is 13.6 Å². The van der Waals surface area contributed by atoms with Crippen molar-refractivity contribution in [1.82, 2.24) is 10.6 Å². The van der Waals surface area contributed by atoms with Gasteiger partial charge < -0.3 is 10.6 Å². The molecule has 2 amide bonds. The summed E-state index contributed by atoms with van der Waals surface area (Å²) in [5.41, 5.74) is 0.663. The van der Waals surface area contributed by atoms with Crippen LogP contribution < -0.4 is 15.8 Å². The molecule has 0 fully saturated rings. The molecule has 8 heteroatoms. The third kappa shape index (κ3) is 6.23. The molecule has 0 unspecified atom stereocenters. The average molecular weight is 327 g/mol. The van der Waals surface area contributed by atoms with Gasteiger partial charge in [0.05, 0.1) is 4.90 Å².